The van der Waals surface area contributed by atoms with Crippen molar-refractivity contribution in [2.45, 2.75) is 77.1 Å². The number of alkyl carbamates (subject to hydrolysis) is 1. The third-order valence-corrected chi connectivity index (χ3v) is 7.29. The Bertz CT molecular complexity index is 1200. The number of aryl methyl sites for hydroxylation is 1. The van der Waals surface area contributed by atoms with Gasteiger partial charge in [0, 0.05) is 17.3 Å². The molecule has 39 heavy (non-hydrogen) atoms. The molecule has 1 aliphatic carbocycles. The van der Waals surface area contributed by atoms with E-state index in [0.29, 0.717) is 29.0 Å². The van der Waals surface area contributed by atoms with Gasteiger partial charge in [-0.15, -0.1) is 6.42 Å². The van der Waals surface area contributed by atoms with Crippen LogP contribution in [-0.4, -0.2) is 52.5 Å². The number of amides is 3. The molecule has 2 aromatic carbocycles. The number of rotatable bonds is 10. The summed E-state index contributed by atoms with van der Waals surface area (Å²) in [7, 11) is 0. The second-order valence-corrected chi connectivity index (χ2v) is 11.8. The van der Waals surface area contributed by atoms with Crippen molar-refractivity contribution in [1.82, 2.24) is 10.2 Å². The fourth-order valence-electron chi connectivity index (χ4n) is 4.42. The average Bonchev–Trinajstić information content (AvgIpc) is 2.85. The number of terminal acetylenes is 1. The maximum Gasteiger partial charge on any atom is 0.408 e. The normalized spacial score (nSPS) is 14.8. The summed E-state index contributed by atoms with van der Waals surface area (Å²) < 4.78 is 5.46. The van der Waals surface area contributed by atoms with Gasteiger partial charge >= 0.3 is 6.09 Å². The zero-order valence-corrected chi connectivity index (χ0v) is 24.3. The second-order valence-electron chi connectivity index (χ2n) is 10.8. The van der Waals surface area contributed by atoms with E-state index in [1.165, 1.54) is 0 Å². The first kappa shape index (κ1) is 30.1. The zero-order chi connectivity index (χ0) is 28.6. The van der Waals surface area contributed by atoms with E-state index in [1.807, 2.05) is 37.4 Å². The molecule has 0 bridgehead atoms. The number of carbonyl (C=O) groups excluding carboxylic acids is 3. The smallest absolute Gasteiger partial charge is 0.408 e. The Balaban J connectivity index is 2.02. The van der Waals surface area contributed by atoms with E-state index in [0.717, 1.165) is 24.8 Å². The first-order valence-electron chi connectivity index (χ1n) is 13.3. The Kier molecular flexibility index (Phi) is 10.5. The quantitative estimate of drug-likeness (QED) is 0.372. The van der Waals surface area contributed by atoms with Gasteiger partial charge in [-0.2, -0.15) is 11.8 Å². The molecule has 208 valence electrons. The lowest BCUT2D eigenvalue weighted by molar-refractivity contribution is -0.145. The predicted molar refractivity (Wildman–Crippen MR) is 158 cm³/mol. The highest BCUT2D eigenvalue weighted by Gasteiger charge is 2.42. The van der Waals surface area contributed by atoms with E-state index in [4.69, 9.17) is 11.2 Å². The molecule has 2 aromatic rings. The van der Waals surface area contributed by atoms with Gasteiger partial charge in [0.1, 0.15) is 17.7 Å². The molecule has 3 rings (SSSR count). The Morgan fingerprint density at radius 3 is 2.33 bits per heavy atom. The molecule has 1 fully saturated rings. The van der Waals surface area contributed by atoms with Gasteiger partial charge in [-0.05, 0) is 94.7 Å². The van der Waals surface area contributed by atoms with Gasteiger partial charge in [0.15, 0.2) is 0 Å². The molecule has 0 aliphatic heterocycles. The van der Waals surface area contributed by atoms with E-state index in [2.05, 4.69) is 16.6 Å². The van der Waals surface area contributed by atoms with E-state index in [-0.39, 0.29) is 17.9 Å². The number of para-hydroxylation sites is 1. The zero-order valence-electron chi connectivity index (χ0n) is 23.5. The summed E-state index contributed by atoms with van der Waals surface area (Å²) in [6.07, 6.45) is 9.80. The summed E-state index contributed by atoms with van der Waals surface area (Å²) in [5, 5.41) is 5.83. The van der Waals surface area contributed by atoms with Crippen LogP contribution in [-0.2, 0) is 14.3 Å². The summed E-state index contributed by atoms with van der Waals surface area (Å²) in [6, 6.07) is 12.8. The van der Waals surface area contributed by atoms with Crippen molar-refractivity contribution < 1.29 is 19.1 Å². The molecule has 0 saturated heterocycles. The largest absolute Gasteiger partial charge is 0.444 e. The standard InChI is InChI=1S/C31H39N3O4S/c1-7-22-15-17-23(18-16-22)27(28(35)32-25-14-9-8-11-21(25)2)34(24-12-10-13-24)29(36)26(19-20-39-6)33-30(37)38-31(3,4)5/h1,8-9,11,14-18,24,26-27H,10,12-13,19-20H2,2-6H3,(H,32,35)(H,33,37). The van der Waals surface area contributed by atoms with E-state index >= 15 is 0 Å². The molecule has 7 nitrogen and oxygen atoms in total. The average molecular weight is 550 g/mol. The molecule has 2 unspecified atom stereocenters. The van der Waals surface area contributed by atoms with Crippen molar-refractivity contribution in [2.75, 3.05) is 17.3 Å². The molecule has 1 saturated carbocycles. The Morgan fingerprint density at radius 2 is 1.79 bits per heavy atom. The van der Waals surface area contributed by atoms with Crippen molar-refractivity contribution in [1.29, 1.82) is 0 Å². The van der Waals surface area contributed by atoms with Crippen LogP contribution in [0.5, 0.6) is 0 Å². The first-order chi connectivity index (χ1) is 18.5. The molecule has 0 heterocycles. The number of hydrogen-bond acceptors (Lipinski definition) is 5. The van der Waals surface area contributed by atoms with Gasteiger partial charge < -0.3 is 20.3 Å². The van der Waals surface area contributed by atoms with Crippen molar-refractivity contribution in [3.8, 4) is 12.3 Å². The van der Waals surface area contributed by atoms with Crippen molar-refractivity contribution in [3.63, 3.8) is 0 Å². The molecular formula is C31H39N3O4S. The van der Waals surface area contributed by atoms with Gasteiger partial charge in [-0.25, -0.2) is 4.79 Å². The number of thioether (sulfide) groups is 1. The summed E-state index contributed by atoms with van der Waals surface area (Å²) in [5.41, 5.74) is 2.22. The number of benzene rings is 2. The molecule has 8 heteroatoms. The van der Waals surface area contributed by atoms with E-state index in [1.54, 1.807) is 61.7 Å². The minimum Gasteiger partial charge on any atom is -0.444 e. The SMILES string of the molecule is C#Cc1ccc(C(C(=O)Nc2ccccc2C)N(C(=O)C(CCSC)NC(=O)OC(C)(C)C)C2CCC2)cc1. The highest BCUT2D eigenvalue weighted by Crippen LogP contribution is 2.35. The number of nitrogens with zero attached hydrogens (tertiary/aromatic N) is 1. The fourth-order valence-corrected chi connectivity index (χ4v) is 4.89. The van der Waals surface area contributed by atoms with Crippen LogP contribution in [0, 0.1) is 19.3 Å². The first-order valence-corrected chi connectivity index (χ1v) is 14.7. The van der Waals surface area contributed by atoms with Crippen molar-refractivity contribution >= 4 is 35.4 Å². The molecule has 0 spiro atoms. The molecule has 2 atom stereocenters. The Labute approximate surface area is 236 Å². The summed E-state index contributed by atoms with van der Waals surface area (Å²) >= 11 is 1.59. The molecule has 1 aliphatic rings. The number of anilines is 1. The van der Waals surface area contributed by atoms with Crippen LogP contribution < -0.4 is 10.6 Å². The minimum absolute atomic E-state index is 0.130. The van der Waals surface area contributed by atoms with Crippen LogP contribution in [0.4, 0.5) is 10.5 Å². The van der Waals surface area contributed by atoms with Crippen LogP contribution in [0.1, 0.15) is 69.2 Å². The highest BCUT2D eigenvalue weighted by atomic mass is 32.2. The molecule has 2 N–H and O–H groups in total. The third-order valence-electron chi connectivity index (χ3n) is 6.64. The maximum atomic E-state index is 14.3. The van der Waals surface area contributed by atoms with E-state index in [9.17, 15) is 14.4 Å². The lowest BCUT2D eigenvalue weighted by atomic mass is 9.87. The van der Waals surface area contributed by atoms with Gasteiger partial charge in [0.05, 0.1) is 0 Å². The molecule has 0 aromatic heterocycles. The second kappa shape index (κ2) is 13.6. The van der Waals surface area contributed by atoms with Gasteiger partial charge in [-0.3, -0.25) is 9.59 Å². The fraction of sp³-hybridized carbons (Fsp3) is 0.452. The summed E-state index contributed by atoms with van der Waals surface area (Å²) in [5.74, 6) is 2.64. The summed E-state index contributed by atoms with van der Waals surface area (Å²) in [6.45, 7) is 7.25. The number of carbonyl (C=O) groups is 3. The van der Waals surface area contributed by atoms with Crippen LogP contribution in [0.3, 0.4) is 0 Å². The molecular weight excluding hydrogens is 510 g/mol. The van der Waals surface area contributed by atoms with Crippen LogP contribution in [0.15, 0.2) is 48.5 Å². The Morgan fingerprint density at radius 1 is 1.13 bits per heavy atom. The third kappa shape index (κ3) is 8.27. The van der Waals surface area contributed by atoms with Gasteiger partial charge in [-0.1, -0.05) is 36.3 Å². The van der Waals surface area contributed by atoms with Crippen molar-refractivity contribution in [2.24, 2.45) is 0 Å². The monoisotopic (exact) mass is 549 g/mol. The highest BCUT2D eigenvalue weighted by molar-refractivity contribution is 7.98. The minimum atomic E-state index is -0.911. The number of nitrogens with one attached hydrogen (secondary N) is 2. The lowest BCUT2D eigenvalue weighted by Crippen LogP contribution is -2.57. The maximum absolute atomic E-state index is 14.3. The van der Waals surface area contributed by atoms with Crippen LogP contribution in [0.25, 0.3) is 0 Å². The summed E-state index contributed by atoms with van der Waals surface area (Å²) in [4.78, 5) is 42.7. The lowest BCUT2D eigenvalue weighted by Gasteiger charge is -2.43. The topological polar surface area (TPSA) is 87.7 Å². The van der Waals surface area contributed by atoms with Crippen LogP contribution >= 0.6 is 11.8 Å². The van der Waals surface area contributed by atoms with Crippen molar-refractivity contribution in [3.05, 3.63) is 65.2 Å². The molecule has 0 radical (unpaired) electrons. The van der Waals surface area contributed by atoms with Crippen LogP contribution in [0.2, 0.25) is 0 Å². The Hall–Kier alpha value is -3.44. The van der Waals surface area contributed by atoms with Gasteiger partial charge in [0.2, 0.25) is 5.91 Å². The molecule has 3 amide bonds. The predicted octanol–water partition coefficient (Wildman–Crippen LogP) is 5.68. The number of hydrogen-bond donors (Lipinski definition) is 2. The van der Waals surface area contributed by atoms with Gasteiger partial charge in [0.25, 0.3) is 5.91 Å². The number of ether oxygens (including phenoxy) is 1. The van der Waals surface area contributed by atoms with E-state index < -0.39 is 23.8 Å².